The Morgan fingerprint density at radius 3 is 2.72 bits per heavy atom. The molecular formula is C13H20BrNO2S. The Kier molecular flexibility index (Phi) is 6.32. The second-order valence-electron chi connectivity index (χ2n) is 4.32. The predicted molar refractivity (Wildman–Crippen MR) is 79.4 cm³/mol. The maximum atomic E-state index is 12.5. The third-order valence-electron chi connectivity index (χ3n) is 2.99. The molecule has 0 radical (unpaired) electrons. The summed E-state index contributed by atoms with van der Waals surface area (Å²) in [7, 11) is 1.66. The van der Waals surface area contributed by atoms with E-state index in [1.807, 2.05) is 17.9 Å². The number of nitrogens with zero attached hydrogens (tertiary/aromatic N) is 1. The molecule has 1 atom stereocenters. The number of methoxy groups -OCH3 is 1. The fraction of sp³-hybridized carbons (Fsp3) is 0.615. The number of carbonyl (C=O) groups excluding carboxylic acids is 1. The summed E-state index contributed by atoms with van der Waals surface area (Å²) in [5.41, 5.74) is 1.11. The van der Waals surface area contributed by atoms with Gasteiger partial charge in [0.2, 0.25) is 0 Å². The van der Waals surface area contributed by atoms with E-state index in [9.17, 15) is 4.79 Å². The molecule has 102 valence electrons. The molecule has 0 aromatic carbocycles. The van der Waals surface area contributed by atoms with Crippen molar-refractivity contribution in [3.8, 4) is 0 Å². The molecule has 1 unspecified atom stereocenters. The minimum Gasteiger partial charge on any atom is -0.383 e. The molecule has 0 saturated heterocycles. The summed E-state index contributed by atoms with van der Waals surface area (Å²) in [6, 6.07) is 2.17. The van der Waals surface area contributed by atoms with Crippen molar-refractivity contribution >= 4 is 33.2 Å². The fourth-order valence-electron chi connectivity index (χ4n) is 1.64. The maximum absolute atomic E-state index is 12.5. The molecule has 0 aliphatic rings. The van der Waals surface area contributed by atoms with Gasteiger partial charge in [-0.2, -0.15) is 0 Å². The molecule has 0 fully saturated rings. The summed E-state index contributed by atoms with van der Waals surface area (Å²) in [4.78, 5) is 15.2. The van der Waals surface area contributed by atoms with E-state index in [1.54, 1.807) is 7.11 Å². The molecule has 18 heavy (non-hydrogen) atoms. The monoisotopic (exact) mass is 333 g/mol. The number of hydrogen-bond acceptors (Lipinski definition) is 3. The molecule has 1 aromatic heterocycles. The highest BCUT2D eigenvalue weighted by Gasteiger charge is 2.22. The van der Waals surface area contributed by atoms with E-state index in [4.69, 9.17) is 4.74 Å². The minimum atomic E-state index is 0.0974. The van der Waals surface area contributed by atoms with Crippen LogP contribution in [0.2, 0.25) is 0 Å². The first-order chi connectivity index (χ1) is 8.51. The van der Waals surface area contributed by atoms with Crippen molar-refractivity contribution in [3.63, 3.8) is 0 Å². The number of aryl methyl sites for hydroxylation is 1. The summed E-state index contributed by atoms with van der Waals surface area (Å²) < 4.78 is 6.11. The van der Waals surface area contributed by atoms with Crippen molar-refractivity contribution in [1.29, 1.82) is 0 Å². The molecule has 0 aliphatic heterocycles. The van der Waals surface area contributed by atoms with Crippen molar-refractivity contribution in [2.45, 2.75) is 33.2 Å². The van der Waals surface area contributed by atoms with Gasteiger partial charge in [-0.3, -0.25) is 4.79 Å². The summed E-state index contributed by atoms with van der Waals surface area (Å²) >= 11 is 4.96. The maximum Gasteiger partial charge on any atom is 0.264 e. The van der Waals surface area contributed by atoms with Crippen molar-refractivity contribution < 1.29 is 9.53 Å². The molecule has 1 rings (SSSR count). The summed E-state index contributed by atoms with van der Waals surface area (Å²) in [5, 5.41) is 0. The van der Waals surface area contributed by atoms with Crippen LogP contribution < -0.4 is 0 Å². The van der Waals surface area contributed by atoms with E-state index < -0.39 is 0 Å². The highest BCUT2D eigenvalue weighted by Crippen LogP contribution is 2.28. The van der Waals surface area contributed by atoms with Crippen LogP contribution >= 0.6 is 27.3 Å². The highest BCUT2D eigenvalue weighted by molar-refractivity contribution is 9.11. The first-order valence-corrected chi connectivity index (χ1v) is 7.68. The van der Waals surface area contributed by atoms with Crippen LogP contribution in [-0.2, 0) is 4.74 Å². The van der Waals surface area contributed by atoms with Crippen molar-refractivity contribution in [2.24, 2.45) is 0 Å². The molecule has 0 N–H and O–H groups in total. The molecule has 3 nitrogen and oxygen atoms in total. The van der Waals surface area contributed by atoms with Crippen LogP contribution in [0.3, 0.4) is 0 Å². The minimum absolute atomic E-state index is 0.0974. The standard InChI is InChI=1S/C13H20BrNO2S/c1-5-10(3)15(6-7-17-4)13(16)11-8-9(2)12(14)18-11/h8,10H,5-7H2,1-4H3. The van der Waals surface area contributed by atoms with E-state index >= 15 is 0 Å². The zero-order valence-electron chi connectivity index (χ0n) is 11.3. The first-order valence-electron chi connectivity index (χ1n) is 6.07. The number of carbonyl (C=O) groups is 1. The van der Waals surface area contributed by atoms with Gasteiger partial charge in [-0.05, 0) is 47.8 Å². The zero-order valence-corrected chi connectivity index (χ0v) is 13.7. The van der Waals surface area contributed by atoms with Crippen LogP contribution in [0.15, 0.2) is 9.85 Å². The Morgan fingerprint density at radius 2 is 2.28 bits per heavy atom. The Hall–Kier alpha value is -0.390. The highest BCUT2D eigenvalue weighted by atomic mass is 79.9. The molecule has 1 amide bonds. The van der Waals surface area contributed by atoms with Gasteiger partial charge in [0.1, 0.15) is 0 Å². The number of hydrogen-bond donors (Lipinski definition) is 0. The summed E-state index contributed by atoms with van der Waals surface area (Å²) in [5.74, 6) is 0.0974. The quantitative estimate of drug-likeness (QED) is 0.794. The first kappa shape index (κ1) is 15.7. The molecule has 0 saturated carbocycles. The van der Waals surface area contributed by atoms with Crippen LogP contribution in [0, 0.1) is 6.92 Å². The Labute approximate surface area is 121 Å². The second-order valence-corrected chi connectivity index (χ2v) is 6.69. The van der Waals surface area contributed by atoms with E-state index in [0.29, 0.717) is 13.2 Å². The summed E-state index contributed by atoms with van der Waals surface area (Å²) in [6.45, 7) is 7.37. The SMILES string of the molecule is CCC(C)N(CCOC)C(=O)c1cc(C)c(Br)s1. The fourth-order valence-corrected chi connectivity index (χ4v) is 3.13. The molecule has 5 heteroatoms. The van der Waals surface area contributed by atoms with Crippen molar-refractivity contribution in [2.75, 3.05) is 20.3 Å². The lowest BCUT2D eigenvalue weighted by Crippen LogP contribution is -2.40. The van der Waals surface area contributed by atoms with Crippen LogP contribution in [0.25, 0.3) is 0 Å². The van der Waals surface area contributed by atoms with E-state index in [0.717, 1.165) is 20.6 Å². The van der Waals surface area contributed by atoms with Gasteiger partial charge in [0.15, 0.2) is 0 Å². The van der Waals surface area contributed by atoms with Gasteiger partial charge in [-0.25, -0.2) is 0 Å². The molecular weight excluding hydrogens is 314 g/mol. The molecule has 1 heterocycles. The average molecular weight is 334 g/mol. The number of amides is 1. The number of ether oxygens (including phenoxy) is 1. The predicted octanol–water partition coefficient (Wildman–Crippen LogP) is 3.71. The van der Waals surface area contributed by atoms with E-state index in [1.165, 1.54) is 11.3 Å². The van der Waals surface area contributed by atoms with Gasteiger partial charge < -0.3 is 9.64 Å². The van der Waals surface area contributed by atoms with Gasteiger partial charge >= 0.3 is 0 Å². The Bertz CT molecular complexity index is 386. The zero-order chi connectivity index (χ0) is 13.7. The molecule has 0 aliphatic carbocycles. The van der Waals surface area contributed by atoms with E-state index in [2.05, 4.69) is 29.8 Å². The lowest BCUT2D eigenvalue weighted by Gasteiger charge is -2.27. The second kappa shape index (κ2) is 7.26. The van der Waals surface area contributed by atoms with Gasteiger partial charge in [-0.15, -0.1) is 11.3 Å². The van der Waals surface area contributed by atoms with Gasteiger partial charge in [0.25, 0.3) is 5.91 Å². The average Bonchev–Trinajstić information content (AvgIpc) is 2.69. The van der Waals surface area contributed by atoms with Gasteiger partial charge in [-0.1, -0.05) is 6.92 Å². The van der Waals surface area contributed by atoms with Gasteiger partial charge in [0.05, 0.1) is 15.3 Å². The lowest BCUT2D eigenvalue weighted by atomic mass is 10.2. The van der Waals surface area contributed by atoms with E-state index in [-0.39, 0.29) is 11.9 Å². The van der Waals surface area contributed by atoms with Crippen LogP contribution in [0.4, 0.5) is 0 Å². The third-order valence-corrected chi connectivity index (χ3v) is 5.11. The number of rotatable bonds is 6. The van der Waals surface area contributed by atoms with Crippen LogP contribution in [-0.4, -0.2) is 37.1 Å². The normalized spacial score (nSPS) is 12.5. The van der Waals surface area contributed by atoms with Crippen molar-refractivity contribution in [3.05, 3.63) is 20.3 Å². The topological polar surface area (TPSA) is 29.5 Å². The largest absolute Gasteiger partial charge is 0.383 e. The Balaban J connectivity index is 2.87. The molecule has 0 bridgehead atoms. The number of halogens is 1. The third kappa shape index (κ3) is 3.80. The van der Waals surface area contributed by atoms with Crippen LogP contribution in [0.5, 0.6) is 0 Å². The van der Waals surface area contributed by atoms with Gasteiger partial charge in [0, 0.05) is 19.7 Å². The molecule has 0 spiro atoms. The Morgan fingerprint density at radius 1 is 1.61 bits per heavy atom. The smallest absolute Gasteiger partial charge is 0.264 e. The van der Waals surface area contributed by atoms with Crippen LogP contribution in [0.1, 0.15) is 35.5 Å². The molecule has 1 aromatic rings. The number of thiophene rings is 1. The lowest BCUT2D eigenvalue weighted by molar-refractivity contribution is 0.0618. The van der Waals surface area contributed by atoms with Crippen molar-refractivity contribution in [1.82, 2.24) is 4.90 Å². The summed E-state index contributed by atoms with van der Waals surface area (Å²) in [6.07, 6.45) is 0.945.